The highest BCUT2D eigenvalue weighted by atomic mass is 35.5. The number of rotatable bonds is 8. The smallest absolute Gasteiger partial charge is 0.255 e. The van der Waals surface area contributed by atoms with Gasteiger partial charge >= 0.3 is 0 Å². The van der Waals surface area contributed by atoms with Crippen LogP contribution in [0.3, 0.4) is 0 Å². The average molecular weight is 334 g/mol. The Bertz CT molecular complexity index is 466. The lowest BCUT2D eigenvalue weighted by Crippen LogP contribution is -2.37. The maximum Gasteiger partial charge on any atom is 0.255 e. The first-order valence-corrected chi connectivity index (χ1v) is 7.68. The summed E-state index contributed by atoms with van der Waals surface area (Å²) in [6.45, 7) is 3.22. The molecular weight excluding hydrogens is 313 g/mol. The van der Waals surface area contributed by atoms with Crippen molar-refractivity contribution in [1.29, 1.82) is 0 Å². The van der Waals surface area contributed by atoms with Gasteiger partial charge in [0.2, 0.25) is 0 Å². The number of benzene rings is 1. The fourth-order valence-electron chi connectivity index (χ4n) is 2.04. The molecule has 0 bridgehead atoms. The summed E-state index contributed by atoms with van der Waals surface area (Å²) in [5.74, 6) is 1.11. The molecule has 0 atom stereocenters. The number of carbonyl (C=O) groups is 1. The molecule has 0 saturated heterocycles. The van der Waals surface area contributed by atoms with Crippen LogP contribution in [-0.4, -0.2) is 43.0 Å². The standard InChI is InChI=1S/C15H21Cl2NO3/c1-4-8-18(15(19)14(16)17)9-7-11-5-6-12(20-2)13(10-11)21-3/h5-6,10,14H,4,7-9H2,1-3H3. The lowest BCUT2D eigenvalue weighted by molar-refractivity contribution is -0.129. The van der Waals surface area contributed by atoms with Gasteiger partial charge < -0.3 is 14.4 Å². The largest absolute Gasteiger partial charge is 0.493 e. The molecule has 6 heteroatoms. The second-order valence-corrected chi connectivity index (χ2v) is 5.66. The first-order chi connectivity index (χ1) is 10.0. The Kier molecular flexibility index (Phi) is 7.68. The summed E-state index contributed by atoms with van der Waals surface area (Å²) in [5, 5.41) is 0. The predicted octanol–water partition coefficient (Wildman–Crippen LogP) is 3.29. The van der Waals surface area contributed by atoms with Crippen molar-refractivity contribution in [3.63, 3.8) is 0 Å². The van der Waals surface area contributed by atoms with Crippen molar-refractivity contribution in [2.24, 2.45) is 0 Å². The summed E-state index contributed by atoms with van der Waals surface area (Å²) in [5.41, 5.74) is 1.06. The molecule has 1 amide bonds. The molecular formula is C15H21Cl2NO3. The summed E-state index contributed by atoms with van der Waals surface area (Å²) < 4.78 is 10.5. The number of methoxy groups -OCH3 is 2. The highest BCUT2D eigenvalue weighted by Crippen LogP contribution is 2.27. The maximum absolute atomic E-state index is 11.9. The van der Waals surface area contributed by atoms with E-state index in [1.807, 2.05) is 25.1 Å². The van der Waals surface area contributed by atoms with Gasteiger partial charge in [0.25, 0.3) is 5.91 Å². The third-order valence-electron chi connectivity index (χ3n) is 3.11. The second kappa shape index (κ2) is 9.00. The molecule has 1 aromatic rings. The summed E-state index contributed by atoms with van der Waals surface area (Å²) in [6.07, 6.45) is 1.56. The number of halogens is 2. The van der Waals surface area contributed by atoms with Crippen LogP contribution in [0.25, 0.3) is 0 Å². The van der Waals surface area contributed by atoms with Crippen LogP contribution in [-0.2, 0) is 11.2 Å². The Balaban J connectivity index is 2.73. The van der Waals surface area contributed by atoms with Gasteiger partial charge in [-0.1, -0.05) is 36.2 Å². The van der Waals surface area contributed by atoms with E-state index in [4.69, 9.17) is 32.7 Å². The van der Waals surface area contributed by atoms with E-state index < -0.39 is 4.84 Å². The lowest BCUT2D eigenvalue weighted by atomic mass is 10.1. The molecule has 4 nitrogen and oxygen atoms in total. The minimum Gasteiger partial charge on any atom is -0.493 e. The van der Waals surface area contributed by atoms with Gasteiger partial charge in [-0.15, -0.1) is 0 Å². The van der Waals surface area contributed by atoms with Gasteiger partial charge in [-0.25, -0.2) is 0 Å². The number of hydrogen-bond acceptors (Lipinski definition) is 3. The Labute approximate surface area is 135 Å². The molecule has 0 fully saturated rings. The van der Waals surface area contributed by atoms with Crippen molar-refractivity contribution in [1.82, 2.24) is 4.90 Å². The Morgan fingerprint density at radius 2 is 1.86 bits per heavy atom. The van der Waals surface area contributed by atoms with Crippen molar-refractivity contribution in [2.45, 2.75) is 24.6 Å². The van der Waals surface area contributed by atoms with E-state index >= 15 is 0 Å². The fraction of sp³-hybridized carbons (Fsp3) is 0.533. The zero-order valence-electron chi connectivity index (χ0n) is 12.6. The molecule has 0 heterocycles. The number of ether oxygens (including phenoxy) is 2. The summed E-state index contributed by atoms with van der Waals surface area (Å²) in [4.78, 5) is 12.6. The fourth-order valence-corrected chi connectivity index (χ4v) is 2.32. The van der Waals surface area contributed by atoms with Crippen LogP contribution in [0.4, 0.5) is 0 Å². The van der Waals surface area contributed by atoms with E-state index in [-0.39, 0.29) is 5.91 Å². The first kappa shape index (κ1) is 17.9. The molecule has 118 valence electrons. The molecule has 1 aromatic carbocycles. The minimum atomic E-state index is -1.01. The molecule has 0 radical (unpaired) electrons. The van der Waals surface area contributed by atoms with Crippen molar-refractivity contribution in [3.05, 3.63) is 23.8 Å². The Morgan fingerprint density at radius 3 is 2.38 bits per heavy atom. The predicted molar refractivity (Wildman–Crippen MR) is 85.6 cm³/mol. The second-order valence-electron chi connectivity index (χ2n) is 4.57. The zero-order chi connectivity index (χ0) is 15.8. The van der Waals surface area contributed by atoms with Crippen LogP contribution in [0.15, 0.2) is 18.2 Å². The molecule has 0 spiro atoms. The van der Waals surface area contributed by atoms with Gasteiger partial charge in [0.05, 0.1) is 14.2 Å². The lowest BCUT2D eigenvalue weighted by Gasteiger charge is -2.22. The van der Waals surface area contributed by atoms with Gasteiger partial charge in [-0.3, -0.25) is 4.79 Å². The minimum absolute atomic E-state index is 0.249. The van der Waals surface area contributed by atoms with Crippen LogP contribution >= 0.6 is 23.2 Å². The van der Waals surface area contributed by atoms with E-state index in [1.165, 1.54) is 0 Å². The molecule has 0 aliphatic heterocycles. The normalized spacial score (nSPS) is 10.6. The monoisotopic (exact) mass is 333 g/mol. The van der Waals surface area contributed by atoms with E-state index in [1.54, 1.807) is 19.1 Å². The van der Waals surface area contributed by atoms with Crippen LogP contribution in [0, 0.1) is 0 Å². The van der Waals surface area contributed by atoms with Crippen LogP contribution in [0.1, 0.15) is 18.9 Å². The van der Waals surface area contributed by atoms with Crippen molar-refractivity contribution < 1.29 is 14.3 Å². The molecule has 0 aliphatic rings. The van der Waals surface area contributed by atoms with Crippen LogP contribution in [0.5, 0.6) is 11.5 Å². The van der Waals surface area contributed by atoms with Gasteiger partial charge in [0.15, 0.2) is 16.3 Å². The number of amides is 1. The van der Waals surface area contributed by atoms with E-state index in [2.05, 4.69) is 0 Å². The van der Waals surface area contributed by atoms with Gasteiger partial charge in [0, 0.05) is 13.1 Å². The number of carbonyl (C=O) groups excluding carboxylic acids is 1. The van der Waals surface area contributed by atoms with E-state index in [0.717, 1.165) is 12.0 Å². The van der Waals surface area contributed by atoms with E-state index in [0.29, 0.717) is 31.0 Å². The van der Waals surface area contributed by atoms with Crippen LogP contribution in [0.2, 0.25) is 0 Å². The van der Waals surface area contributed by atoms with E-state index in [9.17, 15) is 4.79 Å². The highest BCUT2D eigenvalue weighted by Gasteiger charge is 2.19. The maximum atomic E-state index is 11.9. The molecule has 1 rings (SSSR count). The third kappa shape index (κ3) is 5.29. The molecule has 0 aliphatic carbocycles. The summed E-state index contributed by atoms with van der Waals surface area (Å²) >= 11 is 11.3. The molecule has 0 N–H and O–H groups in total. The van der Waals surface area contributed by atoms with Gasteiger partial charge in [-0.05, 0) is 30.5 Å². The average Bonchev–Trinajstić information content (AvgIpc) is 2.50. The number of alkyl halides is 2. The summed E-state index contributed by atoms with van der Waals surface area (Å²) in [6, 6.07) is 5.72. The molecule has 21 heavy (non-hydrogen) atoms. The summed E-state index contributed by atoms with van der Waals surface area (Å²) in [7, 11) is 3.19. The van der Waals surface area contributed by atoms with Crippen LogP contribution < -0.4 is 9.47 Å². The zero-order valence-corrected chi connectivity index (χ0v) is 14.1. The van der Waals surface area contributed by atoms with Gasteiger partial charge in [0.1, 0.15) is 0 Å². The number of hydrogen-bond donors (Lipinski definition) is 0. The molecule has 0 unspecified atom stereocenters. The molecule has 0 saturated carbocycles. The number of nitrogens with zero attached hydrogens (tertiary/aromatic N) is 1. The third-order valence-corrected chi connectivity index (χ3v) is 3.48. The Morgan fingerprint density at radius 1 is 1.19 bits per heavy atom. The Hall–Kier alpha value is -1.13. The van der Waals surface area contributed by atoms with Crippen molar-refractivity contribution >= 4 is 29.1 Å². The van der Waals surface area contributed by atoms with Crippen molar-refractivity contribution in [2.75, 3.05) is 27.3 Å². The quantitative estimate of drug-likeness (QED) is 0.685. The highest BCUT2D eigenvalue weighted by molar-refractivity contribution is 6.53. The van der Waals surface area contributed by atoms with Crippen molar-refractivity contribution in [3.8, 4) is 11.5 Å². The SMILES string of the molecule is CCCN(CCc1ccc(OC)c(OC)c1)C(=O)C(Cl)Cl. The first-order valence-electron chi connectivity index (χ1n) is 6.81. The molecule has 0 aromatic heterocycles. The topological polar surface area (TPSA) is 38.8 Å². The van der Waals surface area contributed by atoms with Gasteiger partial charge in [-0.2, -0.15) is 0 Å².